The zero-order chi connectivity index (χ0) is 12.3. The summed E-state index contributed by atoms with van der Waals surface area (Å²) in [6, 6.07) is 2.43. The molecule has 2 nitrogen and oxygen atoms in total. The van der Waals surface area contributed by atoms with Crippen LogP contribution in [0.3, 0.4) is 0 Å². The van der Waals surface area contributed by atoms with Gasteiger partial charge in [0.25, 0.3) is 0 Å². The highest BCUT2D eigenvalue weighted by molar-refractivity contribution is 5.33. The summed E-state index contributed by atoms with van der Waals surface area (Å²) in [5.74, 6) is 2.68. The fourth-order valence-corrected chi connectivity index (χ4v) is 2.19. The minimum Gasteiger partial charge on any atom is -0.297 e. The molecular formula is C14H20N2. The number of nitrogens with one attached hydrogen (secondary N) is 1. The van der Waals surface area contributed by atoms with Crippen LogP contribution in [0.25, 0.3) is 0 Å². The maximum atomic E-state index is 5.37. The van der Waals surface area contributed by atoms with Crippen molar-refractivity contribution in [1.82, 2.24) is 10.3 Å². The molecule has 2 unspecified atom stereocenters. The van der Waals surface area contributed by atoms with Crippen molar-refractivity contribution in [3.05, 3.63) is 28.6 Å². The molecule has 0 amide bonds. The van der Waals surface area contributed by atoms with Gasteiger partial charge in [0.2, 0.25) is 0 Å². The summed E-state index contributed by atoms with van der Waals surface area (Å²) in [5.41, 5.74) is 4.68. The fourth-order valence-electron chi connectivity index (χ4n) is 2.19. The normalized spacial score (nSPS) is 14.2. The molecule has 0 fully saturated rings. The van der Waals surface area contributed by atoms with E-state index in [1.54, 1.807) is 0 Å². The first-order valence-electron chi connectivity index (χ1n) is 5.62. The van der Waals surface area contributed by atoms with Crippen molar-refractivity contribution < 1.29 is 0 Å². The van der Waals surface area contributed by atoms with E-state index in [4.69, 9.17) is 6.42 Å². The Bertz CT molecular complexity index is 392. The molecule has 1 N–H and O–H groups in total. The average molecular weight is 216 g/mol. The van der Waals surface area contributed by atoms with Crippen molar-refractivity contribution in [2.24, 2.45) is 0 Å². The van der Waals surface area contributed by atoms with Gasteiger partial charge in [-0.2, -0.15) is 0 Å². The second-order valence-corrected chi connectivity index (χ2v) is 4.36. The van der Waals surface area contributed by atoms with Gasteiger partial charge in [0.15, 0.2) is 0 Å². The molecule has 0 radical (unpaired) electrons. The molecule has 0 aliphatic carbocycles. The van der Waals surface area contributed by atoms with E-state index in [-0.39, 0.29) is 12.1 Å². The molecule has 0 aliphatic rings. The number of terminal acetylenes is 1. The highest BCUT2D eigenvalue weighted by Crippen LogP contribution is 2.21. The number of pyridine rings is 1. The predicted octanol–water partition coefficient (Wildman–Crippen LogP) is 2.68. The maximum Gasteiger partial charge on any atom is 0.0662 e. The van der Waals surface area contributed by atoms with Gasteiger partial charge >= 0.3 is 0 Å². The van der Waals surface area contributed by atoms with Gasteiger partial charge in [-0.3, -0.25) is 10.3 Å². The minimum absolute atomic E-state index is 0.0788. The van der Waals surface area contributed by atoms with E-state index >= 15 is 0 Å². The molecule has 0 saturated carbocycles. The number of rotatable bonds is 3. The Morgan fingerprint density at radius 3 is 2.44 bits per heavy atom. The summed E-state index contributed by atoms with van der Waals surface area (Å²) >= 11 is 0. The van der Waals surface area contributed by atoms with Crippen molar-refractivity contribution in [2.75, 3.05) is 0 Å². The van der Waals surface area contributed by atoms with E-state index in [1.165, 1.54) is 11.1 Å². The van der Waals surface area contributed by atoms with Crippen LogP contribution in [0.5, 0.6) is 0 Å². The van der Waals surface area contributed by atoms with Crippen molar-refractivity contribution >= 4 is 0 Å². The molecule has 2 heteroatoms. The molecule has 2 atom stereocenters. The van der Waals surface area contributed by atoms with E-state index in [0.29, 0.717) is 0 Å². The van der Waals surface area contributed by atoms with Gasteiger partial charge in [0.05, 0.1) is 6.04 Å². The second kappa shape index (κ2) is 5.14. The minimum atomic E-state index is 0.0788. The Labute approximate surface area is 98.5 Å². The van der Waals surface area contributed by atoms with E-state index in [2.05, 4.69) is 36.1 Å². The highest BCUT2D eigenvalue weighted by Gasteiger charge is 2.14. The van der Waals surface area contributed by atoms with Crippen LogP contribution in [0.4, 0.5) is 0 Å². The maximum absolute atomic E-state index is 5.37. The molecule has 0 aliphatic heterocycles. The Morgan fingerprint density at radius 2 is 1.94 bits per heavy atom. The third-order valence-corrected chi connectivity index (χ3v) is 2.77. The molecule has 0 bridgehead atoms. The van der Waals surface area contributed by atoms with Crippen LogP contribution >= 0.6 is 0 Å². The number of hydrogen-bond donors (Lipinski definition) is 1. The topological polar surface area (TPSA) is 24.9 Å². The summed E-state index contributed by atoms with van der Waals surface area (Å²) in [6.07, 6.45) is 5.37. The van der Waals surface area contributed by atoms with Gasteiger partial charge in [-0.25, -0.2) is 0 Å². The average Bonchev–Trinajstić information content (AvgIpc) is 2.15. The quantitative estimate of drug-likeness (QED) is 0.786. The molecule has 16 heavy (non-hydrogen) atoms. The van der Waals surface area contributed by atoms with Crippen LogP contribution in [-0.4, -0.2) is 11.0 Å². The lowest BCUT2D eigenvalue weighted by molar-refractivity contribution is 0.540. The van der Waals surface area contributed by atoms with E-state index in [0.717, 1.165) is 11.4 Å². The number of hydrogen-bond acceptors (Lipinski definition) is 2. The lowest BCUT2D eigenvalue weighted by Crippen LogP contribution is -2.28. The SMILES string of the molecule is C#CC(C)NC(C)c1c(C)cc(C)nc1C. The molecular weight excluding hydrogens is 196 g/mol. The van der Waals surface area contributed by atoms with Gasteiger partial charge in [0, 0.05) is 17.4 Å². The number of nitrogens with zero attached hydrogens (tertiary/aromatic N) is 1. The van der Waals surface area contributed by atoms with Crippen molar-refractivity contribution in [2.45, 2.75) is 46.7 Å². The molecule has 1 aromatic rings. The monoisotopic (exact) mass is 216 g/mol. The first-order chi connectivity index (χ1) is 7.45. The summed E-state index contributed by atoms with van der Waals surface area (Å²) in [7, 11) is 0. The second-order valence-electron chi connectivity index (χ2n) is 4.36. The van der Waals surface area contributed by atoms with Crippen molar-refractivity contribution in [3.8, 4) is 12.3 Å². The van der Waals surface area contributed by atoms with E-state index in [1.807, 2.05) is 20.8 Å². The van der Waals surface area contributed by atoms with Crippen LogP contribution < -0.4 is 5.32 Å². The van der Waals surface area contributed by atoms with Gasteiger partial charge in [-0.05, 0) is 51.8 Å². The third kappa shape index (κ3) is 2.84. The van der Waals surface area contributed by atoms with Crippen LogP contribution in [0, 0.1) is 33.1 Å². The standard InChI is InChI=1S/C14H20N2/c1-7-10(3)15-12(5)14-9(2)8-11(4)16-13(14)6/h1,8,10,12,15H,2-6H3. The van der Waals surface area contributed by atoms with Gasteiger partial charge in [0.1, 0.15) is 0 Å². The summed E-state index contributed by atoms with van der Waals surface area (Å²) in [6.45, 7) is 10.3. The first kappa shape index (κ1) is 12.7. The Morgan fingerprint density at radius 1 is 1.31 bits per heavy atom. The van der Waals surface area contributed by atoms with Gasteiger partial charge < -0.3 is 0 Å². The fraction of sp³-hybridized carbons (Fsp3) is 0.500. The smallest absolute Gasteiger partial charge is 0.0662 e. The molecule has 86 valence electrons. The molecule has 1 heterocycles. The highest BCUT2D eigenvalue weighted by atomic mass is 14.9. The Kier molecular flexibility index (Phi) is 4.09. The van der Waals surface area contributed by atoms with Crippen LogP contribution in [0.15, 0.2) is 6.07 Å². The first-order valence-corrected chi connectivity index (χ1v) is 5.62. The Hall–Kier alpha value is -1.33. The van der Waals surface area contributed by atoms with Crippen molar-refractivity contribution in [3.63, 3.8) is 0 Å². The summed E-state index contributed by atoms with van der Waals surface area (Å²) in [5, 5.41) is 3.37. The third-order valence-electron chi connectivity index (χ3n) is 2.77. The number of aromatic nitrogens is 1. The summed E-state index contributed by atoms with van der Waals surface area (Å²) < 4.78 is 0. The zero-order valence-corrected chi connectivity index (χ0v) is 10.8. The molecule has 0 saturated heterocycles. The molecule has 1 aromatic heterocycles. The van der Waals surface area contributed by atoms with Crippen LogP contribution in [-0.2, 0) is 0 Å². The molecule has 1 rings (SSSR count). The van der Waals surface area contributed by atoms with Gasteiger partial charge in [-0.15, -0.1) is 6.42 Å². The zero-order valence-electron chi connectivity index (χ0n) is 10.8. The van der Waals surface area contributed by atoms with Crippen LogP contribution in [0.2, 0.25) is 0 Å². The van der Waals surface area contributed by atoms with Crippen LogP contribution in [0.1, 0.15) is 42.4 Å². The molecule has 0 spiro atoms. The van der Waals surface area contributed by atoms with Gasteiger partial charge in [-0.1, -0.05) is 5.92 Å². The van der Waals surface area contributed by atoms with E-state index < -0.39 is 0 Å². The number of aryl methyl sites for hydroxylation is 3. The van der Waals surface area contributed by atoms with E-state index in [9.17, 15) is 0 Å². The molecule has 0 aromatic carbocycles. The largest absolute Gasteiger partial charge is 0.297 e. The lowest BCUT2D eigenvalue weighted by Gasteiger charge is -2.20. The predicted molar refractivity (Wildman–Crippen MR) is 68.3 cm³/mol. The Balaban J connectivity index is 3.00. The van der Waals surface area contributed by atoms with Crippen molar-refractivity contribution in [1.29, 1.82) is 0 Å². The lowest BCUT2D eigenvalue weighted by atomic mass is 10.00. The summed E-state index contributed by atoms with van der Waals surface area (Å²) in [4.78, 5) is 4.50.